The molecule has 0 saturated heterocycles. The predicted octanol–water partition coefficient (Wildman–Crippen LogP) is 1.40. The first-order chi connectivity index (χ1) is 8.24. The Hall–Kier alpha value is -0.620. The molecular formula is C12H17BrN2O2. The fourth-order valence-corrected chi connectivity index (χ4v) is 2.68. The molecule has 1 aromatic carbocycles. The summed E-state index contributed by atoms with van der Waals surface area (Å²) in [6, 6.07) is 4.31. The van der Waals surface area contributed by atoms with Crippen molar-refractivity contribution < 1.29 is 9.47 Å². The summed E-state index contributed by atoms with van der Waals surface area (Å²) in [5.74, 6) is 6.53. The van der Waals surface area contributed by atoms with Crippen LogP contribution in [0.5, 0.6) is 5.75 Å². The van der Waals surface area contributed by atoms with Crippen molar-refractivity contribution in [3.05, 3.63) is 27.7 Å². The maximum Gasteiger partial charge on any atom is 0.125 e. The van der Waals surface area contributed by atoms with Gasteiger partial charge in [0.1, 0.15) is 5.75 Å². The van der Waals surface area contributed by atoms with Gasteiger partial charge in [-0.05, 0) is 29.7 Å². The van der Waals surface area contributed by atoms with E-state index >= 15 is 0 Å². The van der Waals surface area contributed by atoms with Crippen LogP contribution in [0.25, 0.3) is 0 Å². The summed E-state index contributed by atoms with van der Waals surface area (Å²) in [5, 5.41) is 0. The van der Waals surface area contributed by atoms with Crippen LogP contribution < -0.4 is 16.0 Å². The van der Waals surface area contributed by atoms with E-state index in [0.29, 0.717) is 6.61 Å². The smallest absolute Gasteiger partial charge is 0.125 e. The standard InChI is InChI=1S/C12H17BrN2O2/c1-16-7-11(15-14)6-9-5-10(13)4-8-2-3-17-12(8)9/h4-5,11,15H,2-3,6-7,14H2,1H3. The van der Waals surface area contributed by atoms with E-state index in [4.69, 9.17) is 15.3 Å². The summed E-state index contributed by atoms with van der Waals surface area (Å²) >= 11 is 3.53. The number of nitrogens with two attached hydrogens (primary N) is 1. The van der Waals surface area contributed by atoms with Gasteiger partial charge in [-0.3, -0.25) is 11.3 Å². The Morgan fingerprint density at radius 2 is 2.41 bits per heavy atom. The van der Waals surface area contributed by atoms with Gasteiger partial charge in [0.05, 0.1) is 13.2 Å². The summed E-state index contributed by atoms with van der Waals surface area (Å²) in [7, 11) is 1.67. The highest BCUT2D eigenvalue weighted by atomic mass is 79.9. The first kappa shape index (κ1) is 12.8. The van der Waals surface area contributed by atoms with Gasteiger partial charge in [0, 0.05) is 24.0 Å². The van der Waals surface area contributed by atoms with Crippen LogP contribution in [0.1, 0.15) is 11.1 Å². The number of benzene rings is 1. The third-order valence-corrected chi connectivity index (χ3v) is 3.35. The normalized spacial score (nSPS) is 15.5. The zero-order valence-corrected chi connectivity index (χ0v) is 11.4. The Morgan fingerprint density at radius 3 is 3.12 bits per heavy atom. The lowest BCUT2D eigenvalue weighted by atomic mass is 10.0. The minimum Gasteiger partial charge on any atom is -0.493 e. The van der Waals surface area contributed by atoms with Crippen LogP contribution >= 0.6 is 15.9 Å². The highest BCUT2D eigenvalue weighted by Gasteiger charge is 2.19. The fraction of sp³-hybridized carbons (Fsp3) is 0.500. The number of ether oxygens (including phenoxy) is 2. The Kier molecular flexibility index (Phi) is 4.39. The van der Waals surface area contributed by atoms with E-state index in [9.17, 15) is 0 Å². The highest BCUT2D eigenvalue weighted by molar-refractivity contribution is 9.10. The SMILES string of the molecule is COCC(Cc1cc(Br)cc2c1OCC2)NN. The van der Waals surface area contributed by atoms with Crippen molar-refractivity contribution in [2.45, 2.75) is 18.9 Å². The lowest BCUT2D eigenvalue weighted by Crippen LogP contribution is -2.40. The van der Waals surface area contributed by atoms with E-state index in [0.717, 1.165) is 29.7 Å². The number of hydrogen-bond donors (Lipinski definition) is 2. The summed E-state index contributed by atoms with van der Waals surface area (Å²) in [4.78, 5) is 0. The average Bonchev–Trinajstić information content (AvgIpc) is 2.76. The Bertz CT molecular complexity index is 398. The molecule has 1 unspecified atom stereocenters. The minimum absolute atomic E-state index is 0.0996. The molecule has 1 atom stereocenters. The van der Waals surface area contributed by atoms with Gasteiger partial charge in [0.15, 0.2) is 0 Å². The molecule has 0 aromatic heterocycles. The molecule has 5 heteroatoms. The topological polar surface area (TPSA) is 56.5 Å². The summed E-state index contributed by atoms with van der Waals surface area (Å²) < 4.78 is 11.9. The van der Waals surface area contributed by atoms with Crippen LogP contribution in [-0.4, -0.2) is 26.4 Å². The molecule has 4 nitrogen and oxygen atoms in total. The van der Waals surface area contributed by atoms with Gasteiger partial charge in [-0.1, -0.05) is 15.9 Å². The molecule has 0 aliphatic carbocycles. The maximum absolute atomic E-state index is 5.68. The van der Waals surface area contributed by atoms with Gasteiger partial charge in [-0.2, -0.15) is 0 Å². The molecular weight excluding hydrogens is 284 g/mol. The fourth-order valence-electron chi connectivity index (χ4n) is 2.13. The Balaban J connectivity index is 2.20. The van der Waals surface area contributed by atoms with Crippen molar-refractivity contribution in [2.75, 3.05) is 20.3 Å². The van der Waals surface area contributed by atoms with Gasteiger partial charge < -0.3 is 9.47 Å². The van der Waals surface area contributed by atoms with Gasteiger partial charge in [0.2, 0.25) is 0 Å². The van der Waals surface area contributed by atoms with Crippen molar-refractivity contribution in [3.8, 4) is 5.75 Å². The van der Waals surface area contributed by atoms with Crippen molar-refractivity contribution in [1.82, 2.24) is 5.43 Å². The van der Waals surface area contributed by atoms with Gasteiger partial charge in [-0.15, -0.1) is 0 Å². The number of rotatable bonds is 5. The van der Waals surface area contributed by atoms with E-state index in [-0.39, 0.29) is 6.04 Å². The second-order valence-corrected chi connectivity index (χ2v) is 5.09. The molecule has 1 aliphatic rings. The minimum atomic E-state index is 0.0996. The van der Waals surface area contributed by atoms with Crippen LogP contribution in [0.4, 0.5) is 0 Å². The quantitative estimate of drug-likeness (QED) is 0.638. The van der Waals surface area contributed by atoms with Crippen LogP contribution in [0, 0.1) is 0 Å². The third-order valence-electron chi connectivity index (χ3n) is 2.90. The van der Waals surface area contributed by atoms with Crippen LogP contribution in [0.2, 0.25) is 0 Å². The van der Waals surface area contributed by atoms with Crippen LogP contribution in [0.3, 0.4) is 0 Å². The van der Waals surface area contributed by atoms with Gasteiger partial charge in [-0.25, -0.2) is 0 Å². The van der Waals surface area contributed by atoms with E-state index in [1.807, 2.05) is 0 Å². The molecule has 94 valence electrons. The van der Waals surface area contributed by atoms with Crippen molar-refractivity contribution in [2.24, 2.45) is 5.84 Å². The first-order valence-corrected chi connectivity index (χ1v) is 6.43. The van der Waals surface area contributed by atoms with Gasteiger partial charge >= 0.3 is 0 Å². The van der Waals surface area contributed by atoms with E-state index in [2.05, 4.69) is 33.5 Å². The average molecular weight is 301 g/mol. The zero-order valence-electron chi connectivity index (χ0n) is 9.83. The monoisotopic (exact) mass is 300 g/mol. The molecule has 0 amide bonds. The second kappa shape index (κ2) is 5.82. The third kappa shape index (κ3) is 2.98. The predicted molar refractivity (Wildman–Crippen MR) is 70.0 cm³/mol. The van der Waals surface area contributed by atoms with Crippen LogP contribution in [0.15, 0.2) is 16.6 Å². The lowest BCUT2D eigenvalue weighted by molar-refractivity contribution is 0.166. The number of fused-ring (bicyclic) bond motifs is 1. The van der Waals surface area contributed by atoms with Gasteiger partial charge in [0.25, 0.3) is 0 Å². The molecule has 1 aromatic rings. The largest absolute Gasteiger partial charge is 0.493 e. The second-order valence-electron chi connectivity index (χ2n) is 4.17. The molecule has 0 saturated carbocycles. The van der Waals surface area contributed by atoms with Crippen LogP contribution in [-0.2, 0) is 17.6 Å². The number of methoxy groups -OCH3 is 1. The Labute approximate surface area is 110 Å². The first-order valence-electron chi connectivity index (χ1n) is 5.63. The number of halogens is 1. The highest BCUT2D eigenvalue weighted by Crippen LogP contribution is 2.33. The molecule has 2 rings (SSSR count). The van der Waals surface area contributed by atoms with E-state index in [1.165, 1.54) is 11.1 Å². The molecule has 3 N–H and O–H groups in total. The molecule has 0 fully saturated rings. The molecule has 0 bridgehead atoms. The maximum atomic E-state index is 5.68. The number of nitrogens with one attached hydrogen (secondary N) is 1. The number of hydrogen-bond acceptors (Lipinski definition) is 4. The molecule has 1 heterocycles. The lowest BCUT2D eigenvalue weighted by Gasteiger charge is -2.17. The van der Waals surface area contributed by atoms with E-state index < -0.39 is 0 Å². The molecule has 0 spiro atoms. The van der Waals surface area contributed by atoms with Crippen molar-refractivity contribution in [1.29, 1.82) is 0 Å². The summed E-state index contributed by atoms with van der Waals surface area (Å²) in [6.07, 6.45) is 1.78. The van der Waals surface area contributed by atoms with Crippen molar-refractivity contribution >= 4 is 15.9 Å². The molecule has 1 aliphatic heterocycles. The molecule has 17 heavy (non-hydrogen) atoms. The number of hydrazine groups is 1. The zero-order chi connectivity index (χ0) is 12.3. The van der Waals surface area contributed by atoms with E-state index in [1.54, 1.807) is 7.11 Å². The summed E-state index contributed by atoms with van der Waals surface area (Å²) in [6.45, 7) is 1.35. The molecule has 0 radical (unpaired) electrons. The summed E-state index contributed by atoms with van der Waals surface area (Å²) in [5.41, 5.74) is 5.21. The van der Waals surface area contributed by atoms with Crippen molar-refractivity contribution in [3.63, 3.8) is 0 Å². The Morgan fingerprint density at radius 1 is 1.59 bits per heavy atom.